The lowest BCUT2D eigenvalue weighted by Crippen LogP contribution is -2.35. The average Bonchev–Trinajstić information content (AvgIpc) is 3.00. The third-order valence-corrected chi connectivity index (χ3v) is 10.3. The first-order chi connectivity index (χ1) is 20.8. The van der Waals surface area contributed by atoms with Crippen molar-refractivity contribution in [3.63, 3.8) is 0 Å². The lowest BCUT2D eigenvalue weighted by Gasteiger charge is -2.44. The molecule has 0 heterocycles. The van der Waals surface area contributed by atoms with Gasteiger partial charge >= 0.3 is 0 Å². The molecule has 0 amide bonds. The van der Waals surface area contributed by atoms with Crippen LogP contribution in [-0.4, -0.2) is 25.2 Å². The van der Waals surface area contributed by atoms with Crippen LogP contribution in [0.25, 0.3) is 0 Å². The Hall–Kier alpha value is -1.24. The summed E-state index contributed by atoms with van der Waals surface area (Å²) in [6, 6.07) is 0. The van der Waals surface area contributed by atoms with E-state index in [1.807, 2.05) is 0 Å². The van der Waals surface area contributed by atoms with E-state index in [-0.39, 0.29) is 0 Å². The molecule has 1 fully saturated rings. The Morgan fingerprint density at radius 2 is 0.738 bits per heavy atom. The third-order valence-electron chi connectivity index (χ3n) is 10.3. The first-order valence-electron chi connectivity index (χ1n) is 18.9. The monoisotopic (exact) mass is 587 g/mol. The molecule has 1 aliphatic carbocycles. The van der Waals surface area contributed by atoms with E-state index < -0.39 is 0 Å². The lowest BCUT2D eigenvalue weighted by atomic mass is 9.61. The zero-order chi connectivity index (χ0) is 30.4. The number of rotatable bonds is 30. The second-order valence-corrected chi connectivity index (χ2v) is 13.6. The largest absolute Gasteiger partial charge is 0.234 e. The smallest absolute Gasteiger partial charge is 0.211 e. The molecule has 0 aromatic heterocycles. The Kier molecular flexibility index (Phi) is 27.5. The molecule has 0 spiro atoms. The Morgan fingerprint density at radius 3 is 1.14 bits per heavy atom. The van der Waals surface area contributed by atoms with Crippen molar-refractivity contribution in [2.24, 2.45) is 33.7 Å². The van der Waals surface area contributed by atoms with Crippen LogP contribution in [0.1, 0.15) is 194 Å². The number of carbonyl (C=O) groups excluding carboxylic acids is 2. The first kappa shape index (κ1) is 38.8. The highest BCUT2D eigenvalue weighted by atomic mass is 16.1. The van der Waals surface area contributed by atoms with Gasteiger partial charge in [-0.05, 0) is 62.2 Å². The van der Waals surface area contributed by atoms with Crippen molar-refractivity contribution >= 4 is 12.2 Å². The predicted octanol–water partition coefficient (Wildman–Crippen LogP) is 12.1. The van der Waals surface area contributed by atoms with E-state index >= 15 is 0 Å². The summed E-state index contributed by atoms with van der Waals surface area (Å²) in [6.45, 7) is 6.00. The molecule has 1 aliphatic rings. The molecular weight excluding hydrogens is 516 g/mol. The maximum Gasteiger partial charge on any atom is 0.234 e. The van der Waals surface area contributed by atoms with E-state index in [1.54, 1.807) is 12.2 Å². The molecular formula is C38H70N2O2. The Bertz CT molecular complexity index is 683. The summed E-state index contributed by atoms with van der Waals surface area (Å²) in [5, 5.41) is 0. The molecule has 4 nitrogen and oxygen atoms in total. The van der Waals surface area contributed by atoms with Crippen LogP contribution in [0.2, 0.25) is 0 Å². The minimum absolute atomic E-state index is 0.657. The maximum absolute atomic E-state index is 10.2. The van der Waals surface area contributed by atoms with Crippen molar-refractivity contribution in [1.82, 2.24) is 0 Å². The van der Waals surface area contributed by atoms with Gasteiger partial charge in [-0.25, -0.2) is 19.6 Å². The van der Waals surface area contributed by atoms with Gasteiger partial charge in [0.25, 0.3) is 0 Å². The van der Waals surface area contributed by atoms with Crippen molar-refractivity contribution < 1.29 is 9.59 Å². The van der Waals surface area contributed by atoms with Gasteiger partial charge in [-0.3, -0.25) is 0 Å². The van der Waals surface area contributed by atoms with Gasteiger partial charge < -0.3 is 0 Å². The minimum Gasteiger partial charge on any atom is -0.211 e. The summed E-state index contributed by atoms with van der Waals surface area (Å²) < 4.78 is 0. The highest BCUT2D eigenvalue weighted by molar-refractivity contribution is 5.32. The van der Waals surface area contributed by atoms with E-state index in [0.717, 1.165) is 36.5 Å². The molecule has 244 valence electrons. The number of hydrogen-bond acceptors (Lipinski definition) is 4. The van der Waals surface area contributed by atoms with Gasteiger partial charge in [0.15, 0.2) is 0 Å². The second-order valence-electron chi connectivity index (χ2n) is 13.6. The number of unbranched alkanes of at least 4 members (excludes halogenated alkanes) is 18. The van der Waals surface area contributed by atoms with Crippen LogP contribution >= 0.6 is 0 Å². The summed E-state index contributed by atoms with van der Waals surface area (Å²) >= 11 is 0. The van der Waals surface area contributed by atoms with Crippen LogP contribution in [0.15, 0.2) is 9.98 Å². The Morgan fingerprint density at radius 1 is 0.429 bits per heavy atom. The molecule has 0 saturated heterocycles. The molecule has 0 unspecified atom stereocenters. The summed E-state index contributed by atoms with van der Waals surface area (Å²) in [5.74, 6) is 3.90. The second kappa shape index (κ2) is 29.8. The maximum atomic E-state index is 10.2. The van der Waals surface area contributed by atoms with Gasteiger partial charge in [0.2, 0.25) is 12.2 Å². The van der Waals surface area contributed by atoms with Crippen LogP contribution in [0.4, 0.5) is 0 Å². The van der Waals surface area contributed by atoms with Crippen molar-refractivity contribution in [3.8, 4) is 0 Å². The normalized spacial score (nSPS) is 20.2. The minimum atomic E-state index is 0.657. The fraction of sp³-hybridized carbons (Fsp3) is 0.947. The summed E-state index contributed by atoms with van der Waals surface area (Å²) in [5.41, 5.74) is 0. The zero-order valence-corrected chi connectivity index (χ0v) is 28.2. The summed E-state index contributed by atoms with van der Waals surface area (Å²) in [7, 11) is 0. The highest BCUT2D eigenvalue weighted by Crippen LogP contribution is 2.47. The predicted molar refractivity (Wildman–Crippen MR) is 181 cm³/mol. The molecule has 4 atom stereocenters. The molecule has 0 radical (unpaired) electrons. The molecule has 1 saturated carbocycles. The van der Waals surface area contributed by atoms with Crippen LogP contribution in [0.3, 0.4) is 0 Å². The van der Waals surface area contributed by atoms with Crippen LogP contribution in [0.5, 0.6) is 0 Å². The third kappa shape index (κ3) is 20.6. The fourth-order valence-electron chi connectivity index (χ4n) is 7.84. The molecule has 0 aliphatic heterocycles. The van der Waals surface area contributed by atoms with Crippen LogP contribution in [0, 0.1) is 23.7 Å². The Balaban J connectivity index is 2.60. The number of hydrogen-bond donors (Lipinski definition) is 0. The standard InChI is InChI=1S/C38H70N2O2/c1-3-5-7-14-21-27-37-35(25-19-6-4-2)29-30-36(26-20-15-10-8-12-17-23-31-39-33-41)38(37)28-22-16-11-9-13-18-24-32-40-34-42/h35-38H,3-32H2,1-2H3/t35-,36+,37-,38-/m1/s1. The van der Waals surface area contributed by atoms with Crippen molar-refractivity contribution in [2.45, 2.75) is 194 Å². The van der Waals surface area contributed by atoms with E-state index in [1.165, 1.54) is 167 Å². The van der Waals surface area contributed by atoms with Gasteiger partial charge in [-0.15, -0.1) is 0 Å². The molecule has 4 heteroatoms. The lowest BCUT2D eigenvalue weighted by molar-refractivity contribution is 0.0581. The Labute approximate surface area is 261 Å². The molecule has 0 bridgehead atoms. The quantitative estimate of drug-likeness (QED) is 0.0477. The molecule has 42 heavy (non-hydrogen) atoms. The van der Waals surface area contributed by atoms with Gasteiger partial charge in [0.1, 0.15) is 0 Å². The molecule has 0 aromatic rings. The van der Waals surface area contributed by atoms with E-state index in [9.17, 15) is 9.59 Å². The molecule has 0 N–H and O–H groups in total. The molecule has 1 rings (SSSR count). The van der Waals surface area contributed by atoms with E-state index in [4.69, 9.17) is 0 Å². The van der Waals surface area contributed by atoms with Crippen LogP contribution in [-0.2, 0) is 9.59 Å². The van der Waals surface area contributed by atoms with E-state index in [0.29, 0.717) is 13.1 Å². The fourth-order valence-corrected chi connectivity index (χ4v) is 7.84. The summed E-state index contributed by atoms with van der Waals surface area (Å²) in [4.78, 5) is 27.8. The number of isocyanates is 2. The number of nitrogens with zero attached hydrogens (tertiary/aromatic N) is 2. The van der Waals surface area contributed by atoms with Crippen molar-refractivity contribution in [2.75, 3.05) is 13.1 Å². The van der Waals surface area contributed by atoms with Gasteiger partial charge in [-0.2, -0.15) is 0 Å². The first-order valence-corrected chi connectivity index (χ1v) is 18.9. The van der Waals surface area contributed by atoms with Crippen molar-refractivity contribution in [3.05, 3.63) is 0 Å². The van der Waals surface area contributed by atoms with Crippen molar-refractivity contribution in [1.29, 1.82) is 0 Å². The van der Waals surface area contributed by atoms with Gasteiger partial charge in [0, 0.05) is 0 Å². The van der Waals surface area contributed by atoms with Crippen LogP contribution < -0.4 is 0 Å². The number of aliphatic imine (C=N–C) groups is 2. The average molecular weight is 587 g/mol. The van der Waals surface area contributed by atoms with Gasteiger partial charge in [0.05, 0.1) is 13.1 Å². The summed E-state index contributed by atoms with van der Waals surface area (Å²) in [6.07, 6.45) is 41.7. The van der Waals surface area contributed by atoms with E-state index in [2.05, 4.69) is 23.8 Å². The SMILES string of the molecule is CCCCCCC[C@@H]1[C@H](CCCCC)CC[C@H](CCCCCCCCCN=C=O)[C@H]1CCCCCCCCCN=C=O. The zero-order valence-electron chi connectivity index (χ0n) is 28.2. The highest BCUT2D eigenvalue weighted by Gasteiger charge is 2.37. The van der Waals surface area contributed by atoms with Gasteiger partial charge in [-0.1, -0.05) is 155 Å². The topological polar surface area (TPSA) is 58.9 Å². The molecule has 0 aromatic carbocycles.